The van der Waals surface area contributed by atoms with Crippen LogP contribution in [-0.2, 0) is 28.9 Å². The predicted molar refractivity (Wildman–Crippen MR) is 453 cm³/mol. The SMILES string of the molecule is C=CCOc1cc(OC)ccc1N.C=CCOc1cc(OC)ccc1NC(C)=O.C=CCOc1cc(OC)ccc1NC(C)=O.C=CCOc1cc(OC)ccc1[N+](=O)[O-].C=CCc1c(OC)ccc2nc(C)oc12.C=CCc1c(OC)ccc2nc(C)oc12.C=CCc1cc2nc(C)oc2cc1OC.COc1ccc([N+](=O)[O-])c(O)c1. The van der Waals surface area contributed by atoms with Gasteiger partial charge in [0.1, 0.15) is 106 Å². The topological polar surface area (TPSA) is 380 Å². The fourth-order valence-electron chi connectivity index (χ4n) is 10.1. The van der Waals surface area contributed by atoms with Gasteiger partial charge in [0.25, 0.3) is 0 Å². The zero-order valence-electron chi connectivity index (χ0n) is 67.9. The number of nitrogens with zero attached hydrogens (tertiary/aromatic N) is 5. The molecule has 11 rings (SSSR count). The number of fused-ring (bicyclic) bond motifs is 3. The number of nitro groups is 2. The second kappa shape index (κ2) is 50.3. The van der Waals surface area contributed by atoms with Crippen molar-refractivity contribution in [2.45, 2.75) is 53.9 Å². The second-order valence-corrected chi connectivity index (χ2v) is 23.6. The van der Waals surface area contributed by atoms with Gasteiger partial charge < -0.3 is 91.6 Å². The van der Waals surface area contributed by atoms with Gasteiger partial charge in [-0.2, -0.15) is 0 Å². The molecule has 3 heterocycles. The van der Waals surface area contributed by atoms with Gasteiger partial charge in [-0.15, -0.1) is 19.7 Å². The Bertz CT molecular complexity index is 4970. The van der Waals surface area contributed by atoms with Crippen molar-refractivity contribution >= 4 is 73.6 Å². The molecule has 3 aromatic heterocycles. The summed E-state index contributed by atoms with van der Waals surface area (Å²) in [5.74, 6) is 8.70. The van der Waals surface area contributed by atoms with Crippen LogP contribution in [0.4, 0.5) is 28.4 Å². The Balaban J connectivity index is 0.000000282. The number of benzene rings is 8. The molecule has 30 heteroatoms. The maximum atomic E-state index is 11.0. The van der Waals surface area contributed by atoms with Crippen molar-refractivity contribution in [1.29, 1.82) is 0 Å². The molecule has 0 aliphatic rings. The molecule has 0 bridgehead atoms. The van der Waals surface area contributed by atoms with Gasteiger partial charge in [0, 0.05) is 99.8 Å². The van der Waals surface area contributed by atoms with E-state index in [4.69, 9.17) is 80.9 Å². The van der Waals surface area contributed by atoms with Crippen LogP contribution in [0.3, 0.4) is 0 Å². The Morgan fingerprint density at radius 3 is 1.16 bits per heavy atom. The maximum Gasteiger partial charge on any atom is 0.311 e. The van der Waals surface area contributed by atoms with Gasteiger partial charge in [-0.3, -0.25) is 29.8 Å². The van der Waals surface area contributed by atoms with Gasteiger partial charge in [-0.1, -0.05) is 68.8 Å². The van der Waals surface area contributed by atoms with Crippen molar-refractivity contribution in [3.63, 3.8) is 0 Å². The molecule has 8 aromatic carbocycles. The number of anilines is 3. The standard InChI is InChI=1S/2C12H15NO3.3C12H13NO2.C10H11NO4.C10H13NO2.C7H7NO4/c2*1-4-7-16-12-8-10(15-3)5-6-11(12)13-9(2)14;1-4-5-9-6-10-12(7-11(9)14-3)15-8(2)13-10;2*1-4-5-9-11(14-3)7-6-10-12(9)15-8(2)13-10;1-3-6-15-10-7-8(14-2)4-5-9(10)11(12)13;1-3-6-13-10-7-8(12-2)4-5-9(10)11;1-12-5-2-3-6(8(10)11)7(9)4-5/h2*4-6,8H,1,7H2,2-3H3,(H,13,14);3*4,6-7H,1,5H2,2-3H3;3-5,7H,1,6H2,2H3;3-5,7H,1,6,11H2,2H3;2-4,9H,1H3. The van der Waals surface area contributed by atoms with Crippen molar-refractivity contribution in [3.05, 3.63) is 271 Å². The molecular weight excluding hydrogens is 1510 g/mol. The minimum Gasteiger partial charge on any atom is -0.502 e. The number of phenols is 1. The Hall–Kier alpha value is -14.7. The summed E-state index contributed by atoms with van der Waals surface area (Å²) in [6.07, 6.45) is 14.2. The quantitative estimate of drug-likeness (QED) is 0.0141. The molecule has 30 nitrogen and oxygen atoms in total. The van der Waals surface area contributed by atoms with Crippen LogP contribution >= 0.6 is 0 Å². The fraction of sp³-hybridized carbons (Fsp3) is 0.230. The smallest absolute Gasteiger partial charge is 0.311 e. The number of allylic oxidation sites excluding steroid dienone is 3. The third kappa shape index (κ3) is 30.4. The Labute approximate surface area is 678 Å². The molecule has 620 valence electrons. The molecule has 117 heavy (non-hydrogen) atoms. The van der Waals surface area contributed by atoms with Gasteiger partial charge in [-0.05, 0) is 98.1 Å². The van der Waals surface area contributed by atoms with E-state index in [0.717, 1.165) is 92.3 Å². The molecule has 5 N–H and O–H groups in total. The summed E-state index contributed by atoms with van der Waals surface area (Å²) >= 11 is 0. The number of phenolic OH excluding ortho intramolecular Hbond substituents is 1. The first-order valence-corrected chi connectivity index (χ1v) is 35.5. The number of nitro benzene ring substituents is 2. The van der Waals surface area contributed by atoms with Crippen molar-refractivity contribution in [1.82, 2.24) is 15.0 Å². The number of aromatic nitrogens is 3. The number of oxazole rings is 3. The lowest BCUT2D eigenvalue weighted by Crippen LogP contribution is -2.08. The molecular formula is C87H100N8O22. The monoisotopic (exact) mass is 1610 g/mol. The highest BCUT2D eigenvalue weighted by molar-refractivity contribution is 5.91. The number of amides is 2. The number of carbonyl (C=O) groups is 2. The van der Waals surface area contributed by atoms with Crippen LogP contribution in [-0.4, -0.2) is 125 Å². The normalized spacial score (nSPS) is 9.82. The number of aryl methyl sites for hydroxylation is 3. The third-order valence-electron chi connectivity index (χ3n) is 15.2. The van der Waals surface area contributed by atoms with Crippen LogP contribution in [0.15, 0.2) is 229 Å². The molecule has 0 aliphatic heterocycles. The summed E-state index contributed by atoms with van der Waals surface area (Å²) in [5, 5.41) is 35.3. The lowest BCUT2D eigenvalue weighted by Gasteiger charge is -2.11. The number of methoxy groups -OCH3 is 8. The number of ether oxygens (including phenoxy) is 12. The summed E-state index contributed by atoms with van der Waals surface area (Å²) in [6, 6.07) is 35.3. The summed E-state index contributed by atoms with van der Waals surface area (Å²) in [7, 11) is 12.6. The van der Waals surface area contributed by atoms with Crippen LogP contribution < -0.4 is 73.2 Å². The number of rotatable bonds is 30. The minimum atomic E-state index is -0.658. The first-order chi connectivity index (χ1) is 56.2. The first kappa shape index (κ1) is 94.7. The van der Waals surface area contributed by atoms with Gasteiger partial charge in [-0.25, -0.2) is 15.0 Å². The Morgan fingerprint density at radius 2 is 0.778 bits per heavy atom. The van der Waals surface area contributed by atoms with E-state index in [9.17, 15) is 29.8 Å². The van der Waals surface area contributed by atoms with E-state index in [0.29, 0.717) is 94.8 Å². The average molecular weight is 1610 g/mol. The maximum absolute atomic E-state index is 11.0. The van der Waals surface area contributed by atoms with Crippen LogP contribution in [0.25, 0.3) is 33.3 Å². The molecule has 2 amide bonds. The Morgan fingerprint density at radius 1 is 0.419 bits per heavy atom. The summed E-state index contributed by atoms with van der Waals surface area (Å²) in [4.78, 5) is 54.5. The van der Waals surface area contributed by atoms with Crippen LogP contribution in [0.2, 0.25) is 0 Å². The van der Waals surface area contributed by atoms with E-state index in [-0.39, 0.29) is 41.3 Å². The zero-order valence-corrected chi connectivity index (χ0v) is 67.9. The molecule has 0 unspecified atom stereocenters. The summed E-state index contributed by atoms with van der Waals surface area (Å²) in [6.45, 7) is 35.1. The number of nitrogen functional groups attached to an aromatic ring is 1. The lowest BCUT2D eigenvalue weighted by molar-refractivity contribution is -0.386. The molecule has 11 aromatic rings. The largest absolute Gasteiger partial charge is 0.502 e. The predicted octanol–water partition coefficient (Wildman–Crippen LogP) is 18.4. The Kier molecular flexibility index (Phi) is 40.7. The molecule has 0 radical (unpaired) electrons. The second-order valence-electron chi connectivity index (χ2n) is 23.6. The van der Waals surface area contributed by atoms with Crippen LogP contribution in [0.5, 0.6) is 74.7 Å². The highest BCUT2D eigenvalue weighted by Gasteiger charge is 2.18. The van der Waals surface area contributed by atoms with Crippen molar-refractivity contribution < 1.29 is 94.6 Å². The minimum absolute atomic E-state index is 0.0855. The van der Waals surface area contributed by atoms with Crippen molar-refractivity contribution in [2.75, 3.05) is 99.7 Å². The van der Waals surface area contributed by atoms with Gasteiger partial charge in [0.2, 0.25) is 17.6 Å². The molecule has 0 saturated heterocycles. The number of nitrogens with two attached hydrogens (primary N) is 1. The van der Waals surface area contributed by atoms with Crippen LogP contribution in [0, 0.1) is 41.0 Å². The van der Waals surface area contributed by atoms with Gasteiger partial charge in [0.05, 0.1) is 83.8 Å². The fourth-order valence-corrected chi connectivity index (χ4v) is 10.1. The van der Waals surface area contributed by atoms with E-state index in [2.05, 4.69) is 71.6 Å². The molecule has 0 aliphatic carbocycles. The van der Waals surface area contributed by atoms with E-state index < -0.39 is 9.85 Å². The van der Waals surface area contributed by atoms with Crippen molar-refractivity contribution in [3.8, 4) is 74.7 Å². The van der Waals surface area contributed by atoms with Gasteiger partial charge >= 0.3 is 11.4 Å². The first-order valence-electron chi connectivity index (χ1n) is 35.5. The highest BCUT2D eigenvalue weighted by Crippen LogP contribution is 2.36. The third-order valence-corrected chi connectivity index (χ3v) is 15.2. The number of hydrogen-bond acceptors (Lipinski definition) is 26. The zero-order chi connectivity index (χ0) is 86.5. The van der Waals surface area contributed by atoms with E-state index in [1.807, 2.05) is 75.4 Å². The summed E-state index contributed by atoms with van der Waals surface area (Å²) < 4.78 is 78.5. The summed E-state index contributed by atoms with van der Waals surface area (Å²) in [5.41, 5.74) is 15.1. The van der Waals surface area contributed by atoms with Gasteiger partial charge in [0.15, 0.2) is 40.2 Å². The van der Waals surface area contributed by atoms with Crippen molar-refractivity contribution in [2.24, 2.45) is 0 Å². The van der Waals surface area contributed by atoms with E-state index in [1.54, 1.807) is 115 Å². The number of hydrogen-bond donors (Lipinski definition) is 4. The number of aromatic hydroxyl groups is 1. The lowest BCUT2D eigenvalue weighted by atomic mass is 10.1. The molecule has 0 spiro atoms. The molecule has 0 fully saturated rings. The average Bonchev–Trinajstić information content (AvgIpc) is 1.68. The molecule has 0 atom stereocenters. The number of carbonyl (C=O) groups excluding carboxylic acids is 2. The van der Waals surface area contributed by atoms with Crippen LogP contribution in [0.1, 0.15) is 48.2 Å². The van der Waals surface area contributed by atoms with E-state index >= 15 is 0 Å². The van der Waals surface area contributed by atoms with E-state index in [1.165, 1.54) is 70.5 Å². The molecule has 0 saturated carbocycles. The number of nitrogens with one attached hydrogen (secondary N) is 2. The highest BCUT2D eigenvalue weighted by atomic mass is 16.6.